The van der Waals surface area contributed by atoms with Gasteiger partial charge in [-0.15, -0.1) is 0 Å². The second kappa shape index (κ2) is 7.04. The number of hydrogen-bond acceptors (Lipinski definition) is 3. The van der Waals surface area contributed by atoms with E-state index in [9.17, 15) is 9.18 Å². The Morgan fingerprint density at radius 1 is 1.29 bits per heavy atom. The summed E-state index contributed by atoms with van der Waals surface area (Å²) in [5.41, 5.74) is 1.27. The van der Waals surface area contributed by atoms with E-state index in [0.29, 0.717) is 18.7 Å². The van der Waals surface area contributed by atoms with Gasteiger partial charge in [-0.05, 0) is 19.1 Å². The van der Waals surface area contributed by atoms with Crippen LogP contribution in [-0.2, 0) is 11.3 Å². The molecule has 4 nitrogen and oxygen atoms in total. The molecule has 0 aliphatic rings. The topological polar surface area (TPSA) is 43.3 Å². The number of hydrogen-bond donors (Lipinski definition) is 1. The number of anilines is 1. The van der Waals surface area contributed by atoms with Crippen molar-refractivity contribution in [2.75, 3.05) is 19.0 Å². The van der Waals surface area contributed by atoms with Crippen LogP contribution in [-0.4, -0.2) is 18.3 Å². The normalized spacial score (nSPS) is 12.1. The molecule has 1 aromatic heterocycles. The molecule has 21 heavy (non-hydrogen) atoms. The summed E-state index contributed by atoms with van der Waals surface area (Å²) in [6.07, 6.45) is 1.72. The number of rotatable bonds is 6. The number of methoxy groups -OCH3 is 1. The molecule has 0 spiro atoms. The maximum atomic E-state index is 13.7. The first-order valence-electron chi connectivity index (χ1n) is 6.82. The SMILES string of the molecule is COCCn1cc(NC(C)c2ccccc2F)ccc1=O. The third-order valence-electron chi connectivity index (χ3n) is 3.27. The van der Waals surface area contributed by atoms with E-state index in [4.69, 9.17) is 4.74 Å². The number of halogens is 1. The van der Waals surface area contributed by atoms with Crippen LogP contribution in [0.1, 0.15) is 18.5 Å². The van der Waals surface area contributed by atoms with Crippen molar-refractivity contribution in [1.29, 1.82) is 0 Å². The molecule has 5 heteroatoms. The van der Waals surface area contributed by atoms with E-state index in [-0.39, 0.29) is 17.4 Å². The largest absolute Gasteiger partial charge is 0.383 e. The van der Waals surface area contributed by atoms with Crippen molar-refractivity contribution in [3.05, 3.63) is 64.3 Å². The van der Waals surface area contributed by atoms with Gasteiger partial charge in [-0.25, -0.2) is 4.39 Å². The fourth-order valence-electron chi connectivity index (χ4n) is 2.14. The van der Waals surface area contributed by atoms with Gasteiger partial charge >= 0.3 is 0 Å². The van der Waals surface area contributed by atoms with Crippen molar-refractivity contribution in [2.45, 2.75) is 19.5 Å². The minimum absolute atomic E-state index is 0.0869. The first-order chi connectivity index (χ1) is 10.1. The van der Waals surface area contributed by atoms with E-state index in [2.05, 4.69) is 5.32 Å². The lowest BCUT2D eigenvalue weighted by Crippen LogP contribution is -2.21. The summed E-state index contributed by atoms with van der Waals surface area (Å²) in [6, 6.07) is 9.64. The zero-order chi connectivity index (χ0) is 15.2. The van der Waals surface area contributed by atoms with Gasteiger partial charge in [-0.1, -0.05) is 18.2 Å². The number of nitrogens with one attached hydrogen (secondary N) is 1. The molecule has 0 saturated heterocycles. The number of pyridine rings is 1. The number of ether oxygens (including phenoxy) is 1. The Bertz CT molecular complexity index is 655. The predicted octanol–water partition coefficient (Wildman–Crippen LogP) is 2.81. The van der Waals surface area contributed by atoms with Gasteiger partial charge in [0.15, 0.2) is 0 Å². The molecule has 2 rings (SSSR count). The Labute approximate surface area is 123 Å². The standard InChI is InChI=1S/C16H19FN2O2/c1-12(14-5-3-4-6-15(14)17)18-13-7-8-16(20)19(11-13)9-10-21-2/h3-8,11-12,18H,9-10H2,1-2H3. The molecule has 0 saturated carbocycles. The summed E-state index contributed by atoms with van der Waals surface area (Å²) in [7, 11) is 1.59. The molecule has 112 valence electrons. The minimum atomic E-state index is -0.245. The first-order valence-corrected chi connectivity index (χ1v) is 6.82. The fourth-order valence-corrected chi connectivity index (χ4v) is 2.14. The highest BCUT2D eigenvalue weighted by Gasteiger charge is 2.10. The van der Waals surface area contributed by atoms with Crippen molar-refractivity contribution >= 4 is 5.69 Å². The van der Waals surface area contributed by atoms with E-state index in [1.54, 1.807) is 42.1 Å². The molecular weight excluding hydrogens is 271 g/mol. The van der Waals surface area contributed by atoms with E-state index in [0.717, 1.165) is 5.69 Å². The maximum Gasteiger partial charge on any atom is 0.250 e. The predicted molar refractivity (Wildman–Crippen MR) is 81.0 cm³/mol. The number of aromatic nitrogens is 1. The van der Waals surface area contributed by atoms with E-state index in [1.165, 1.54) is 12.1 Å². The van der Waals surface area contributed by atoms with E-state index >= 15 is 0 Å². The van der Waals surface area contributed by atoms with Gasteiger partial charge in [0.25, 0.3) is 5.56 Å². The quantitative estimate of drug-likeness (QED) is 0.889. The van der Waals surface area contributed by atoms with Crippen LogP contribution in [0.15, 0.2) is 47.4 Å². The van der Waals surface area contributed by atoms with Gasteiger partial charge in [0, 0.05) is 31.5 Å². The average molecular weight is 290 g/mol. The maximum absolute atomic E-state index is 13.7. The van der Waals surface area contributed by atoms with Crippen LogP contribution in [0, 0.1) is 5.82 Å². The van der Waals surface area contributed by atoms with Crippen molar-refractivity contribution in [3.63, 3.8) is 0 Å². The Balaban J connectivity index is 2.16. The van der Waals surface area contributed by atoms with Gasteiger partial charge < -0.3 is 14.6 Å². The smallest absolute Gasteiger partial charge is 0.250 e. The van der Waals surface area contributed by atoms with Gasteiger partial charge in [-0.2, -0.15) is 0 Å². The molecular formula is C16H19FN2O2. The average Bonchev–Trinajstić information content (AvgIpc) is 2.48. The molecule has 0 radical (unpaired) electrons. The summed E-state index contributed by atoms with van der Waals surface area (Å²) in [5, 5.41) is 3.20. The molecule has 0 aliphatic heterocycles. The second-order valence-electron chi connectivity index (χ2n) is 4.83. The van der Waals surface area contributed by atoms with Crippen LogP contribution in [0.4, 0.5) is 10.1 Å². The summed E-state index contributed by atoms with van der Waals surface area (Å²) in [5.74, 6) is -0.245. The summed E-state index contributed by atoms with van der Waals surface area (Å²) < 4.78 is 20.3. The minimum Gasteiger partial charge on any atom is -0.383 e. The van der Waals surface area contributed by atoms with E-state index < -0.39 is 0 Å². The summed E-state index contributed by atoms with van der Waals surface area (Å²) in [6.45, 7) is 2.83. The Morgan fingerprint density at radius 3 is 2.76 bits per heavy atom. The lowest BCUT2D eigenvalue weighted by atomic mass is 10.1. The second-order valence-corrected chi connectivity index (χ2v) is 4.83. The molecule has 2 aromatic rings. The van der Waals surface area contributed by atoms with Crippen LogP contribution in [0.25, 0.3) is 0 Å². The highest BCUT2D eigenvalue weighted by atomic mass is 19.1. The molecule has 0 aliphatic carbocycles. The monoisotopic (exact) mass is 290 g/mol. The first kappa shape index (κ1) is 15.3. The van der Waals surface area contributed by atoms with Crippen LogP contribution in [0.2, 0.25) is 0 Å². The molecule has 0 bridgehead atoms. The summed E-state index contributed by atoms with van der Waals surface area (Å²) >= 11 is 0. The molecule has 1 heterocycles. The fraction of sp³-hybridized carbons (Fsp3) is 0.312. The molecule has 0 fully saturated rings. The van der Waals surface area contributed by atoms with Crippen LogP contribution >= 0.6 is 0 Å². The Hall–Kier alpha value is -2.14. The highest BCUT2D eigenvalue weighted by Crippen LogP contribution is 2.20. The van der Waals surface area contributed by atoms with Gasteiger partial charge in [-0.3, -0.25) is 4.79 Å². The number of nitrogens with zero attached hydrogens (tertiary/aromatic N) is 1. The van der Waals surface area contributed by atoms with E-state index in [1.807, 2.05) is 6.92 Å². The van der Waals surface area contributed by atoms with Crippen molar-refractivity contribution < 1.29 is 9.13 Å². The van der Waals surface area contributed by atoms with Crippen LogP contribution in [0.3, 0.4) is 0 Å². The highest BCUT2D eigenvalue weighted by molar-refractivity contribution is 5.43. The zero-order valence-electron chi connectivity index (χ0n) is 12.2. The van der Waals surface area contributed by atoms with Crippen LogP contribution in [0.5, 0.6) is 0 Å². The Morgan fingerprint density at radius 2 is 2.05 bits per heavy atom. The molecule has 0 amide bonds. The molecule has 1 atom stereocenters. The van der Waals surface area contributed by atoms with Gasteiger partial charge in [0.2, 0.25) is 0 Å². The number of benzene rings is 1. The van der Waals surface area contributed by atoms with Crippen molar-refractivity contribution in [1.82, 2.24) is 4.57 Å². The lowest BCUT2D eigenvalue weighted by Gasteiger charge is -2.17. The molecule has 1 unspecified atom stereocenters. The van der Waals surface area contributed by atoms with Crippen molar-refractivity contribution in [3.8, 4) is 0 Å². The zero-order valence-corrected chi connectivity index (χ0v) is 12.2. The summed E-state index contributed by atoms with van der Waals surface area (Å²) in [4.78, 5) is 11.7. The van der Waals surface area contributed by atoms with Crippen LogP contribution < -0.4 is 10.9 Å². The third kappa shape index (κ3) is 3.92. The molecule has 1 N–H and O–H groups in total. The van der Waals surface area contributed by atoms with Crippen molar-refractivity contribution in [2.24, 2.45) is 0 Å². The van der Waals surface area contributed by atoms with Gasteiger partial charge in [0.1, 0.15) is 5.82 Å². The Kier molecular flexibility index (Phi) is 5.11. The third-order valence-corrected chi connectivity index (χ3v) is 3.27. The van der Waals surface area contributed by atoms with Gasteiger partial charge in [0.05, 0.1) is 18.3 Å². The molecule has 1 aromatic carbocycles. The lowest BCUT2D eigenvalue weighted by molar-refractivity contribution is 0.186.